The molecule has 154 valence electrons. The lowest BCUT2D eigenvalue weighted by molar-refractivity contribution is -0.117. The first-order valence-electron chi connectivity index (χ1n) is 9.92. The Morgan fingerprint density at radius 3 is 2.90 bits per heavy atom. The van der Waals surface area contributed by atoms with Gasteiger partial charge in [-0.25, -0.2) is 4.68 Å². The Bertz CT molecular complexity index is 1000. The number of carbonyl (C=O) groups excluding carboxylic acids is 1. The number of hydrogen-bond donors (Lipinski definition) is 1. The van der Waals surface area contributed by atoms with Crippen LogP contribution in [0.25, 0.3) is 5.69 Å². The lowest BCUT2D eigenvalue weighted by Gasteiger charge is -2.24. The Morgan fingerprint density at radius 2 is 2.20 bits per heavy atom. The zero-order valence-electron chi connectivity index (χ0n) is 16.5. The summed E-state index contributed by atoms with van der Waals surface area (Å²) >= 11 is 1.68. The summed E-state index contributed by atoms with van der Waals surface area (Å²) in [5, 5.41) is 18.7. The highest BCUT2D eigenvalue weighted by atomic mass is 32.1. The second kappa shape index (κ2) is 9.67. The number of aromatic nitrogens is 2. The minimum Gasteiger partial charge on any atom is -0.377 e. The molecule has 1 amide bonds. The zero-order valence-corrected chi connectivity index (χ0v) is 17.3. The third-order valence-corrected chi connectivity index (χ3v) is 5.82. The molecule has 7 nitrogen and oxygen atoms in total. The van der Waals surface area contributed by atoms with Crippen molar-refractivity contribution in [2.24, 2.45) is 0 Å². The van der Waals surface area contributed by atoms with E-state index in [1.54, 1.807) is 16.0 Å². The van der Waals surface area contributed by atoms with Crippen LogP contribution >= 0.6 is 11.3 Å². The van der Waals surface area contributed by atoms with Crippen molar-refractivity contribution in [1.82, 2.24) is 14.7 Å². The first-order chi connectivity index (χ1) is 14.7. The smallest absolute Gasteiger partial charge is 0.239 e. The van der Waals surface area contributed by atoms with Gasteiger partial charge in [0, 0.05) is 24.6 Å². The summed E-state index contributed by atoms with van der Waals surface area (Å²) in [6.45, 7) is 2.39. The number of ether oxygens (including phenoxy) is 1. The number of amides is 1. The van der Waals surface area contributed by atoms with E-state index in [-0.39, 0.29) is 18.6 Å². The fourth-order valence-corrected chi connectivity index (χ4v) is 4.32. The number of nitrogens with one attached hydrogen (secondary N) is 1. The van der Waals surface area contributed by atoms with Gasteiger partial charge >= 0.3 is 0 Å². The average molecular weight is 422 g/mol. The van der Waals surface area contributed by atoms with Crippen molar-refractivity contribution in [2.75, 3.05) is 25.0 Å². The number of para-hydroxylation sites is 1. The minimum absolute atomic E-state index is 0.155. The van der Waals surface area contributed by atoms with Crippen LogP contribution in [0.15, 0.2) is 54.0 Å². The third kappa shape index (κ3) is 4.94. The van der Waals surface area contributed by atoms with Crippen molar-refractivity contribution >= 4 is 23.1 Å². The molecule has 0 saturated carbocycles. The first kappa shape index (κ1) is 20.3. The Morgan fingerprint density at radius 1 is 1.33 bits per heavy atom. The topological polar surface area (TPSA) is 83.2 Å². The summed E-state index contributed by atoms with van der Waals surface area (Å²) in [5.41, 5.74) is 1.11. The van der Waals surface area contributed by atoms with Crippen LogP contribution in [0.1, 0.15) is 23.3 Å². The van der Waals surface area contributed by atoms with E-state index in [0.29, 0.717) is 24.5 Å². The van der Waals surface area contributed by atoms with Gasteiger partial charge in [0.1, 0.15) is 11.6 Å². The fourth-order valence-electron chi connectivity index (χ4n) is 3.57. The Kier molecular flexibility index (Phi) is 6.54. The van der Waals surface area contributed by atoms with Crippen LogP contribution in [0, 0.1) is 11.3 Å². The molecule has 0 radical (unpaired) electrons. The Hall–Kier alpha value is -2.99. The first-order valence-corrected chi connectivity index (χ1v) is 10.8. The summed E-state index contributed by atoms with van der Waals surface area (Å²) in [4.78, 5) is 16.2. The maximum Gasteiger partial charge on any atom is 0.239 e. The average Bonchev–Trinajstić information content (AvgIpc) is 3.51. The molecule has 1 aliphatic heterocycles. The van der Waals surface area contributed by atoms with Crippen LogP contribution in [0.5, 0.6) is 0 Å². The molecule has 4 rings (SSSR count). The van der Waals surface area contributed by atoms with Gasteiger partial charge in [-0.15, -0.1) is 11.3 Å². The van der Waals surface area contributed by atoms with Gasteiger partial charge in [-0.3, -0.25) is 9.69 Å². The van der Waals surface area contributed by atoms with Crippen molar-refractivity contribution in [3.05, 3.63) is 64.5 Å². The molecule has 0 aliphatic carbocycles. The van der Waals surface area contributed by atoms with Crippen molar-refractivity contribution in [3.8, 4) is 11.8 Å². The van der Waals surface area contributed by atoms with E-state index in [4.69, 9.17) is 4.74 Å². The van der Waals surface area contributed by atoms with E-state index in [1.807, 2.05) is 41.8 Å². The van der Waals surface area contributed by atoms with Gasteiger partial charge in [0.15, 0.2) is 5.82 Å². The normalized spacial score (nSPS) is 15.9. The lowest BCUT2D eigenvalue weighted by atomic mass is 10.2. The highest BCUT2D eigenvalue weighted by molar-refractivity contribution is 7.09. The van der Waals surface area contributed by atoms with E-state index in [1.165, 1.54) is 11.1 Å². The number of carbonyl (C=O) groups is 1. The van der Waals surface area contributed by atoms with Crippen LogP contribution in [0.4, 0.5) is 5.82 Å². The molecule has 1 N–H and O–H groups in total. The quantitative estimate of drug-likeness (QED) is 0.603. The SMILES string of the molecule is N#Cc1cnn(-c2ccccc2)c1NC(=O)CN(Cc1cccs1)CC1CCCO1. The highest BCUT2D eigenvalue weighted by Gasteiger charge is 2.22. The van der Waals surface area contributed by atoms with Gasteiger partial charge < -0.3 is 10.1 Å². The molecule has 1 unspecified atom stereocenters. The molecule has 1 aliphatic rings. The molecule has 30 heavy (non-hydrogen) atoms. The zero-order chi connectivity index (χ0) is 20.8. The second-order valence-electron chi connectivity index (χ2n) is 7.20. The van der Waals surface area contributed by atoms with Crippen LogP contribution in [0.2, 0.25) is 0 Å². The number of hydrogen-bond acceptors (Lipinski definition) is 6. The van der Waals surface area contributed by atoms with Crippen molar-refractivity contribution < 1.29 is 9.53 Å². The van der Waals surface area contributed by atoms with Gasteiger partial charge in [-0.05, 0) is 36.4 Å². The lowest BCUT2D eigenvalue weighted by Crippen LogP contribution is -2.38. The van der Waals surface area contributed by atoms with Crippen molar-refractivity contribution in [1.29, 1.82) is 5.26 Å². The van der Waals surface area contributed by atoms with Gasteiger partial charge in [0.05, 0.1) is 24.5 Å². The van der Waals surface area contributed by atoms with Crippen LogP contribution in [-0.2, 0) is 16.1 Å². The standard InChI is InChI=1S/C22H23N5O2S/c23-12-17-13-24-27(18-6-2-1-3-7-18)22(17)25-21(28)16-26(14-19-8-4-10-29-19)15-20-9-5-11-30-20/h1-3,5-7,9,11,13,19H,4,8,10,14-16H2,(H,25,28). The molecule has 0 bridgehead atoms. The molecule has 0 spiro atoms. The maximum atomic E-state index is 12.9. The van der Waals surface area contributed by atoms with Gasteiger partial charge in [-0.1, -0.05) is 24.3 Å². The second-order valence-corrected chi connectivity index (χ2v) is 8.23. The van der Waals surface area contributed by atoms with Crippen LogP contribution in [0.3, 0.4) is 0 Å². The molecular weight excluding hydrogens is 398 g/mol. The number of anilines is 1. The number of nitrogens with zero attached hydrogens (tertiary/aromatic N) is 4. The monoisotopic (exact) mass is 421 g/mol. The number of nitriles is 1. The molecule has 3 heterocycles. The van der Waals surface area contributed by atoms with Crippen molar-refractivity contribution in [2.45, 2.75) is 25.5 Å². The summed E-state index contributed by atoms with van der Waals surface area (Å²) in [7, 11) is 0. The molecule has 3 aromatic rings. The number of benzene rings is 1. The van der Waals surface area contributed by atoms with Crippen LogP contribution < -0.4 is 5.32 Å². The fraction of sp³-hybridized carbons (Fsp3) is 0.318. The molecule has 1 fully saturated rings. The Labute approximate surface area is 179 Å². The molecule has 2 aromatic heterocycles. The van der Waals surface area contributed by atoms with E-state index < -0.39 is 0 Å². The van der Waals surface area contributed by atoms with Gasteiger partial charge in [0.25, 0.3) is 0 Å². The van der Waals surface area contributed by atoms with Crippen molar-refractivity contribution in [3.63, 3.8) is 0 Å². The molecule has 8 heteroatoms. The predicted molar refractivity (Wildman–Crippen MR) is 115 cm³/mol. The Balaban J connectivity index is 1.49. The highest BCUT2D eigenvalue weighted by Crippen LogP contribution is 2.21. The van der Waals surface area contributed by atoms with E-state index in [9.17, 15) is 10.1 Å². The summed E-state index contributed by atoms with van der Waals surface area (Å²) in [5.74, 6) is 0.209. The third-order valence-electron chi connectivity index (χ3n) is 4.96. The number of rotatable bonds is 8. The number of thiophene rings is 1. The predicted octanol–water partition coefficient (Wildman–Crippen LogP) is 3.43. The van der Waals surface area contributed by atoms with E-state index in [0.717, 1.165) is 25.1 Å². The summed E-state index contributed by atoms with van der Waals surface area (Å²) in [6, 6.07) is 15.6. The maximum absolute atomic E-state index is 12.9. The molecule has 1 saturated heterocycles. The summed E-state index contributed by atoms with van der Waals surface area (Å²) in [6.07, 6.45) is 3.70. The molecular formula is C22H23N5O2S. The van der Waals surface area contributed by atoms with Gasteiger partial charge in [0.2, 0.25) is 5.91 Å². The summed E-state index contributed by atoms with van der Waals surface area (Å²) < 4.78 is 7.36. The molecule has 1 atom stereocenters. The van der Waals surface area contributed by atoms with Gasteiger partial charge in [-0.2, -0.15) is 10.4 Å². The van der Waals surface area contributed by atoms with E-state index in [2.05, 4.69) is 27.5 Å². The molecule has 1 aromatic carbocycles. The largest absolute Gasteiger partial charge is 0.377 e. The van der Waals surface area contributed by atoms with Crippen LogP contribution in [-0.4, -0.2) is 46.4 Å². The minimum atomic E-state index is -0.182. The van der Waals surface area contributed by atoms with E-state index >= 15 is 0 Å².